The smallest absolute Gasteiger partial charge is 0.224 e. The largest absolute Gasteiger partial charge is 0.326 e. The Kier molecular flexibility index (Phi) is 5.20. The Morgan fingerprint density at radius 2 is 1.93 bits per heavy atom. The molecule has 0 radical (unpaired) electrons. The Morgan fingerprint density at radius 3 is 2.68 bits per heavy atom. The molecule has 0 spiro atoms. The average molecular weight is 410 g/mol. The normalized spacial score (nSPS) is 11.1. The van der Waals surface area contributed by atoms with Crippen molar-refractivity contribution in [1.82, 2.24) is 9.38 Å². The summed E-state index contributed by atoms with van der Waals surface area (Å²) in [5, 5.41) is 5.76. The van der Waals surface area contributed by atoms with Gasteiger partial charge in [0.2, 0.25) is 5.91 Å². The van der Waals surface area contributed by atoms with E-state index in [1.54, 1.807) is 11.3 Å². The van der Waals surface area contributed by atoms with Gasteiger partial charge in [0, 0.05) is 40.0 Å². The molecule has 0 saturated heterocycles. The first-order valence-electron chi connectivity index (χ1n) is 9.08. The number of hydrogen-bond donors (Lipinski definition) is 1. The molecule has 2 heterocycles. The number of carbonyl (C=O) groups is 1. The number of thiazole rings is 1. The van der Waals surface area contributed by atoms with Gasteiger partial charge in [-0.1, -0.05) is 29.8 Å². The van der Waals surface area contributed by atoms with Gasteiger partial charge in [0.1, 0.15) is 0 Å². The van der Waals surface area contributed by atoms with Gasteiger partial charge < -0.3 is 5.32 Å². The lowest BCUT2D eigenvalue weighted by Crippen LogP contribution is -2.12. The summed E-state index contributed by atoms with van der Waals surface area (Å²) in [7, 11) is 0. The van der Waals surface area contributed by atoms with E-state index < -0.39 is 0 Å². The van der Waals surface area contributed by atoms with Crippen LogP contribution in [-0.2, 0) is 11.2 Å². The van der Waals surface area contributed by atoms with E-state index in [9.17, 15) is 4.79 Å². The van der Waals surface area contributed by atoms with Crippen LogP contribution in [-0.4, -0.2) is 15.3 Å². The molecule has 1 amide bonds. The number of rotatable bonds is 5. The van der Waals surface area contributed by atoms with E-state index in [2.05, 4.69) is 27.0 Å². The van der Waals surface area contributed by atoms with Crippen molar-refractivity contribution in [1.29, 1.82) is 0 Å². The predicted molar refractivity (Wildman–Crippen MR) is 116 cm³/mol. The number of carbonyl (C=O) groups excluding carboxylic acids is 1. The van der Waals surface area contributed by atoms with Crippen LogP contribution in [0.3, 0.4) is 0 Å². The minimum Gasteiger partial charge on any atom is -0.326 e. The summed E-state index contributed by atoms with van der Waals surface area (Å²) >= 11 is 7.55. The minimum absolute atomic E-state index is 0.0145. The maximum atomic E-state index is 12.4. The fourth-order valence-corrected chi connectivity index (χ4v) is 4.09. The highest BCUT2D eigenvalue weighted by atomic mass is 35.5. The van der Waals surface area contributed by atoms with Crippen molar-refractivity contribution in [2.45, 2.75) is 26.7 Å². The van der Waals surface area contributed by atoms with Crippen molar-refractivity contribution in [2.75, 3.05) is 5.32 Å². The number of halogens is 1. The fraction of sp³-hybridized carbons (Fsp3) is 0.182. The molecular weight excluding hydrogens is 390 g/mol. The number of aromatic nitrogens is 2. The molecule has 142 valence electrons. The van der Waals surface area contributed by atoms with Crippen molar-refractivity contribution in [3.05, 3.63) is 75.9 Å². The van der Waals surface area contributed by atoms with Crippen LogP contribution >= 0.6 is 22.9 Å². The van der Waals surface area contributed by atoms with Crippen LogP contribution in [0.4, 0.5) is 5.69 Å². The molecule has 2 aromatic carbocycles. The first-order chi connectivity index (χ1) is 13.5. The van der Waals surface area contributed by atoms with Gasteiger partial charge in [-0.2, -0.15) is 0 Å². The molecule has 4 nitrogen and oxygen atoms in total. The van der Waals surface area contributed by atoms with Crippen LogP contribution in [0.25, 0.3) is 16.2 Å². The number of imidazole rings is 1. The summed E-state index contributed by atoms with van der Waals surface area (Å²) in [6, 6.07) is 13.6. The number of aryl methyl sites for hydroxylation is 3. The van der Waals surface area contributed by atoms with Crippen molar-refractivity contribution >= 4 is 39.5 Å². The summed E-state index contributed by atoms with van der Waals surface area (Å²) in [5.41, 5.74) is 6.25. The van der Waals surface area contributed by atoms with E-state index in [1.165, 1.54) is 11.1 Å². The zero-order valence-electron chi connectivity index (χ0n) is 15.7. The highest BCUT2D eigenvalue weighted by Crippen LogP contribution is 2.25. The maximum Gasteiger partial charge on any atom is 0.224 e. The maximum absolute atomic E-state index is 12.4. The molecule has 28 heavy (non-hydrogen) atoms. The second kappa shape index (κ2) is 7.78. The van der Waals surface area contributed by atoms with Crippen LogP contribution in [0.5, 0.6) is 0 Å². The molecule has 0 aliphatic rings. The van der Waals surface area contributed by atoms with Gasteiger partial charge >= 0.3 is 0 Å². The Hall–Kier alpha value is -2.63. The summed E-state index contributed by atoms with van der Waals surface area (Å²) in [6.45, 7) is 4.11. The number of anilines is 1. The Balaban J connectivity index is 1.45. The van der Waals surface area contributed by atoms with E-state index in [0.717, 1.165) is 27.6 Å². The molecule has 0 aliphatic carbocycles. The molecule has 2 aromatic heterocycles. The number of benzene rings is 2. The minimum atomic E-state index is 0.0145. The monoisotopic (exact) mass is 409 g/mol. The third kappa shape index (κ3) is 3.96. The first kappa shape index (κ1) is 18.7. The lowest BCUT2D eigenvalue weighted by Gasteiger charge is -2.07. The van der Waals surface area contributed by atoms with Crippen molar-refractivity contribution in [2.24, 2.45) is 0 Å². The lowest BCUT2D eigenvalue weighted by atomic mass is 10.1. The predicted octanol–water partition coefficient (Wildman–Crippen LogP) is 5.90. The highest BCUT2D eigenvalue weighted by molar-refractivity contribution is 7.15. The number of fused-ring (bicyclic) bond motifs is 1. The third-order valence-corrected chi connectivity index (χ3v) is 5.96. The zero-order chi connectivity index (χ0) is 19.7. The average Bonchev–Trinajstić information content (AvgIpc) is 3.25. The number of amides is 1. The molecule has 0 saturated carbocycles. The zero-order valence-corrected chi connectivity index (χ0v) is 17.3. The first-order valence-corrected chi connectivity index (χ1v) is 10.3. The van der Waals surface area contributed by atoms with Crippen LogP contribution in [0, 0.1) is 13.8 Å². The summed E-state index contributed by atoms with van der Waals surface area (Å²) in [6.07, 6.45) is 3.10. The molecule has 0 aliphatic heterocycles. The molecule has 0 fully saturated rings. The van der Waals surface area contributed by atoms with Gasteiger partial charge in [0.05, 0.1) is 5.69 Å². The van der Waals surface area contributed by atoms with Gasteiger partial charge in [0.15, 0.2) is 4.96 Å². The number of nitrogens with one attached hydrogen (secondary N) is 1. The Morgan fingerprint density at radius 1 is 1.14 bits per heavy atom. The molecule has 1 N–H and O–H groups in total. The van der Waals surface area contributed by atoms with Crippen LogP contribution in [0.1, 0.15) is 23.2 Å². The molecule has 4 aromatic rings. The molecule has 4 rings (SSSR count). The topological polar surface area (TPSA) is 46.4 Å². The molecule has 0 unspecified atom stereocenters. The molecule has 0 atom stereocenters. The van der Waals surface area contributed by atoms with E-state index in [4.69, 9.17) is 11.6 Å². The quantitative estimate of drug-likeness (QED) is 0.445. The van der Waals surface area contributed by atoms with Crippen LogP contribution in [0.2, 0.25) is 5.02 Å². The third-order valence-electron chi connectivity index (χ3n) is 4.82. The van der Waals surface area contributed by atoms with Crippen LogP contribution in [0.15, 0.2) is 54.0 Å². The fourth-order valence-electron chi connectivity index (χ4n) is 3.05. The van der Waals surface area contributed by atoms with Crippen molar-refractivity contribution in [3.63, 3.8) is 0 Å². The second-order valence-corrected chi connectivity index (χ2v) is 8.13. The van der Waals surface area contributed by atoms with Gasteiger partial charge in [-0.05, 0) is 55.7 Å². The molecular formula is C22H20ClN3OS. The van der Waals surface area contributed by atoms with E-state index in [0.29, 0.717) is 17.9 Å². The van der Waals surface area contributed by atoms with Crippen LogP contribution < -0.4 is 5.32 Å². The van der Waals surface area contributed by atoms with E-state index in [-0.39, 0.29) is 5.91 Å². The van der Waals surface area contributed by atoms with E-state index >= 15 is 0 Å². The highest BCUT2D eigenvalue weighted by Gasteiger charge is 2.11. The van der Waals surface area contributed by atoms with Crippen molar-refractivity contribution < 1.29 is 4.79 Å². The van der Waals surface area contributed by atoms with Gasteiger partial charge in [-0.15, -0.1) is 11.3 Å². The molecule has 0 bridgehead atoms. The van der Waals surface area contributed by atoms with Crippen molar-refractivity contribution in [3.8, 4) is 11.3 Å². The standard InChI is InChI=1S/C22H20ClN3OS/c1-14-3-8-18(11-15(14)2)24-21(27)10-9-19-13-28-22-25-20(12-26(19)22)16-4-6-17(23)7-5-16/h3-8,11-13H,9-10H2,1-2H3,(H,24,27). The van der Waals surface area contributed by atoms with Gasteiger partial charge in [-0.25, -0.2) is 4.98 Å². The summed E-state index contributed by atoms with van der Waals surface area (Å²) in [4.78, 5) is 18.0. The van der Waals surface area contributed by atoms with Gasteiger partial charge in [0.25, 0.3) is 0 Å². The van der Waals surface area contributed by atoms with Gasteiger partial charge in [-0.3, -0.25) is 9.20 Å². The Labute approximate surface area is 172 Å². The van der Waals surface area contributed by atoms with E-state index in [1.807, 2.05) is 55.6 Å². The Bertz CT molecular complexity index is 1140. The molecule has 6 heteroatoms. The SMILES string of the molecule is Cc1ccc(NC(=O)CCc2csc3nc(-c4ccc(Cl)cc4)cn23)cc1C. The number of nitrogens with zero attached hydrogens (tertiary/aromatic N) is 2. The lowest BCUT2D eigenvalue weighted by molar-refractivity contribution is -0.116. The number of hydrogen-bond acceptors (Lipinski definition) is 3. The summed E-state index contributed by atoms with van der Waals surface area (Å²) < 4.78 is 2.07. The summed E-state index contributed by atoms with van der Waals surface area (Å²) in [5.74, 6) is 0.0145. The second-order valence-electron chi connectivity index (χ2n) is 6.86.